The second-order valence-corrected chi connectivity index (χ2v) is 8.39. The van der Waals surface area contributed by atoms with Crippen molar-refractivity contribution in [2.75, 3.05) is 0 Å². The quantitative estimate of drug-likeness (QED) is 0.536. The molecule has 3 rings (SSSR count). The van der Waals surface area contributed by atoms with Crippen LogP contribution in [0.15, 0.2) is 45.7 Å². The maximum absolute atomic E-state index is 13.9. The number of furan rings is 1. The molecule has 2 aromatic rings. The molecule has 1 N–H and O–H groups in total. The van der Waals surface area contributed by atoms with Crippen molar-refractivity contribution >= 4 is 46.3 Å². The lowest BCUT2D eigenvalue weighted by atomic mass is 10.0. The third-order valence-electron chi connectivity index (χ3n) is 4.15. The van der Waals surface area contributed by atoms with Gasteiger partial charge in [0, 0.05) is 6.08 Å². The maximum Gasteiger partial charge on any atom is 0.326 e. The summed E-state index contributed by atoms with van der Waals surface area (Å²) in [7, 11) is 0. The van der Waals surface area contributed by atoms with Crippen LogP contribution < -0.4 is 0 Å². The van der Waals surface area contributed by atoms with E-state index < -0.39 is 23.7 Å². The number of aliphatic carboxylic acids is 1. The molecule has 0 saturated carbocycles. The molecule has 5 nitrogen and oxygen atoms in total. The Labute approximate surface area is 171 Å². The Morgan fingerprint density at radius 1 is 1.32 bits per heavy atom. The van der Waals surface area contributed by atoms with Gasteiger partial charge in [-0.1, -0.05) is 50.0 Å². The molecule has 0 aliphatic carbocycles. The second kappa shape index (κ2) is 8.28. The van der Waals surface area contributed by atoms with E-state index in [1.54, 1.807) is 30.3 Å². The molecule has 1 atom stereocenters. The van der Waals surface area contributed by atoms with E-state index in [1.807, 2.05) is 13.8 Å². The Hall–Kier alpha value is -2.45. The van der Waals surface area contributed by atoms with Gasteiger partial charge < -0.3 is 9.52 Å². The standard InChI is InChI=1S/C20H18FNO4S2/c1-11(2)9-15(19(24)25)22-18(23)17(28-20(22)27)10-12-7-8-16(26-12)13-5-3-4-6-14(13)21/h3-8,10-11,15H,9H2,1-2H3,(H,24,25)/b17-10+. The fourth-order valence-electron chi connectivity index (χ4n) is 2.88. The maximum atomic E-state index is 13.9. The lowest BCUT2D eigenvalue weighted by molar-refractivity contribution is -0.145. The molecule has 1 aliphatic rings. The number of halogens is 1. The minimum absolute atomic E-state index is 0.0862. The van der Waals surface area contributed by atoms with Crippen molar-refractivity contribution in [3.05, 3.63) is 52.9 Å². The molecular weight excluding hydrogens is 401 g/mol. The summed E-state index contributed by atoms with van der Waals surface area (Å²) in [6, 6.07) is 8.45. The molecule has 0 spiro atoms. The number of carbonyl (C=O) groups is 2. The van der Waals surface area contributed by atoms with E-state index in [4.69, 9.17) is 16.6 Å². The van der Waals surface area contributed by atoms with Crippen LogP contribution >= 0.6 is 24.0 Å². The van der Waals surface area contributed by atoms with Crippen LogP contribution in [0, 0.1) is 11.7 Å². The molecule has 8 heteroatoms. The highest BCUT2D eigenvalue weighted by Gasteiger charge is 2.40. The van der Waals surface area contributed by atoms with Crippen molar-refractivity contribution in [1.82, 2.24) is 4.90 Å². The topological polar surface area (TPSA) is 70.8 Å². The highest BCUT2D eigenvalue weighted by molar-refractivity contribution is 8.26. The highest BCUT2D eigenvalue weighted by Crippen LogP contribution is 2.36. The van der Waals surface area contributed by atoms with Gasteiger partial charge in [0.15, 0.2) is 0 Å². The Kier molecular flexibility index (Phi) is 6.00. The SMILES string of the molecule is CC(C)CC(C(=O)O)N1C(=O)/C(=C\c2ccc(-c3ccccc3F)o2)SC1=S. The first-order valence-corrected chi connectivity index (χ1v) is 9.85. The summed E-state index contributed by atoms with van der Waals surface area (Å²) in [4.78, 5) is 25.8. The highest BCUT2D eigenvalue weighted by atomic mass is 32.2. The van der Waals surface area contributed by atoms with Gasteiger partial charge in [-0.05, 0) is 36.6 Å². The van der Waals surface area contributed by atoms with Crippen molar-refractivity contribution in [2.45, 2.75) is 26.3 Å². The zero-order valence-electron chi connectivity index (χ0n) is 15.2. The van der Waals surface area contributed by atoms with Gasteiger partial charge in [-0.2, -0.15) is 0 Å². The van der Waals surface area contributed by atoms with E-state index in [2.05, 4.69) is 0 Å². The summed E-state index contributed by atoms with van der Waals surface area (Å²) < 4.78 is 19.8. The van der Waals surface area contributed by atoms with Crippen LogP contribution in [0.5, 0.6) is 0 Å². The number of hydrogen-bond donors (Lipinski definition) is 1. The summed E-state index contributed by atoms with van der Waals surface area (Å²) >= 11 is 6.27. The van der Waals surface area contributed by atoms with Crippen molar-refractivity contribution < 1.29 is 23.5 Å². The predicted octanol–water partition coefficient (Wildman–Crippen LogP) is 4.79. The Balaban J connectivity index is 1.86. The van der Waals surface area contributed by atoms with Crippen LogP contribution in [0.2, 0.25) is 0 Å². The van der Waals surface area contributed by atoms with E-state index in [1.165, 1.54) is 12.1 Å². The average molecular weight is 419 g/mol. The number of carboxylic acid groups (broad SMARTS) is 1. The molecule has 1 aromatic carbocycles. The molecule has 1 aromatic heterocycles. The minimum Gasteiger partial charge on any atom is -0.480 e. The average Bonchev–Trinajstić information content (AvgIpc) is 3.18. The summed E-state index contributed by atoms with van der Waals surface area (Å²) in [5, 5.41) is 9.51. The van der Waals surface area contributed by atoms with Gasteiger partial charge in [-0.25, -0.2) is 9.18 Å². The van der Waals surface area contributed by atoms with Gasteiger partial charge in [0.1, 0.15) is 27.7 Å². The molecule has 1 aliphatic heterocycles. The van der Waals surface area contributed by atoms with Gasteiger partial charge in [-0.15, -0.1) is 0 Å². The third kappa shape index (κ3) is 4.18. The molecule has 1 unspecified atom stereocenters. The van der Waals surface area contributed by atoms with E-state index in [9.17, 15) is 19.1 Å². The summed E-state index contributed by atoms with van der Waals surface area (Å²) in [5.74, 6) is -1.19. The van der Waals surface area contributed by atoms with E-state index in [-0.39, 0.29) is 15.1 Å². The summed E-state index contributed by atoms with van der Waals surface area (Å²) in [6.07, 6.45) is 1.80. The molecule has 1 saturated heterocycles. The molecule has 1 amide bonds. The van der Waals surface area contributed by atoms with E-state index >= 15 is 0 Å². The van der Waals surface area contributed by atoms with Crippen molar-refractivity contribution in [2.24, 2.45) is 5.92 Å². The van der Waals surface area contributed by atoms with Crippen LogP contribution in [0.4, 0.5) is 4.39 Å². The normalized spacial score (nSPS) is 17.0. The summed E-state index contributed by atoms with van der Waals surface area (Å²) in [6.45, 7) is 3.77. The number of nitrogens with zero attached hydrogens (tertiary/aromatic N) is 1. The summed E-state index contributed by atoms with van der Waals surface area (Å²) in [5.41, 5.74) is 0.317. The number of thiocarbonyl (C=S) groups is 1. The molecule has 28 heavy (non-hydrogen) atoms. The number of hydrogen-bond acceptors (Lipinski definition) is 5. The molecule has 0 radical (unpaired) electrons. The number of rotatable bonds is 6. The first kappa shape index (κ1) is 20.3. The number of benzene rings is 1. The Morgan fingerprint density at radius 3 is 2.68 bits per heavy atom. The fourth-order valence-corrected chi connectivity index (χ4v) is 4.21. The van der Waals surface area contributed by atoms with Gasteiger partial charge in [-0.3, -0.25) is 9.69 Å². The zero-order chi connectivity index (χ0) is 20.4. The Bertz CT molecular complexity index is 967. The molecule has 146 valence electrons. The van der Waals surface area contributed by atoms with Crippen LogP contribution in [-0.2, 0) is 9.59 Å². The van der Waals surface area contributed by atoms with Crippen molar-refractivity contribution in [1.29, 1.82) is 0 Å². The first-order chi connectivity index (χ1) is 13.3. The van der Waals surface area contributed by atoms with Crippen LogP contribution in [0.3, 0.4) is 0 Å². The molecule has 2 heterocycles. The lowest BCUT2D eigenvalue weighted by Crippen LogP contribution is -2.44. The second-order valence-electron chi connectivity index (χ2n) is 6.72. The number of thioether (sulfide) groups is 1. The van der Waals surface area contributed by atoms with Crippen molar-refractivity contribution in [3.63, 3.8) is 0 Å². The third-order valence-corrected chi connectivity index (χ3v) is 5.48. The van der Waals surface area contributed by atoms with Crippen LogP contribution in [0.25, 0.3) is 17.4 Å². The van der Waals surface area contributed by atoms with Crippen LogP contribution in [-0.4, -0.2) is 32.2 Å². The van der Waals surface area contributed by atoms with Gasteiger partial charge in [0.05, 0.1) is 10.5 Å². The predicted molar refractivity (Wildman–Crippen MR) is 110 cm³/mol. The number of carbonyl (C=O) groups excluding carboxylic acids is 1. The monoisotopic (exact) mass is 419 g/mol. The number of amides is 1. The molecule has 0 bridgehead atoms. The smallest absolute Gasteiger partial charge is 0.326 e. The molecular formula is C20H18FNO4S2. The fraction of sp³-hybridized carbons (Fsp3) is 0.250. The van der Waals surface area contributed by atoms with Gasteiger partial charge in [0.2, 0.25) is 0 Å². The van der Waals surface area contributed by atoms with Gasteiger partial charge >= 0.3 is 5.97 Å². The van der Waals surface area contributed by atoms with E-state index in [0.29, 0.717) is 23.5 Å². The van der Waals surface area contributed by atoms with Crippen LogP contribution in [0.1, 0.15) is 26.0 Å². The largest absolute Gasteiger partial charge is 0.480 e. The van der Waals surface area contributed by atoms with E-state index in [0.717, 1.165) is 16.7 Å². The Morgan fingerprint density at radius 2 is 2.04 bits per heavy atom. The van der Waals surface area contributed by atoms with Gasteiger partial charge in [0.25, 0.3) is 5.91 Å². The minimum atomic E-state index is -1.09. The zero-order valence-corrected chi connectivity index (χ0v) is 16.8. The molecule has 1 fully saturated rings. The lowest BCUT2D eigenvalue weighted by Gasteiger charge is -2.24. The first-order valence-electron chi connectivity index (χ1n) is 8.62. The number of carboxylic acids is 1. The van der Waals surface area contributed by atoms with Crippen molar-refractivity contribution in [3.8, 4) is 11.3 Å².